The molecule has 6 heteroatoms. The standard InChI is InChI=1S/C14H14ClF3N2/c15-13-7-10(8-19)1-2-11(13)9-20-5-3-12(4-6-20)14(16,17)18/h1-2,7,12H,3-6,9H2. The highest BCUT2D eigenvalue weighted by Gasteiger charge is 2.40. The van der Waals surface area contributed by atoms with Crippen LogP contribution in [-0.4, -0.2) is 24.2 Å². The van der Waals surface area contributed by atoms with Gasteiger partial charge in [0.2, 0.25) is 0 Å². The van der Waals surface area contributed by atoms with Gasteiger partial charge in [0.05, 0.1) is 17.6 Å². The van der Waals surface area contributed by atoms with Gasteiger partial charge in [0, 0.05) is 11.6 Å². The molecule has 1 fully saturated rings. The normalized spacial score (nSPS) is 17.9. The van der Waals surface area contributed by atoms with Crippen molar-refractivity contribution in [1.29, 1.82) is 5.26 Å². The molecular formula is C14H14ClF3N2. The van der Waals surface area contributed by atoms with Crippen LogP contribution in [0, 0.1) is 17.2 Å². The smallest absolute Gasteiger partial charge is 0.299 e. The lowest BCUT2D eigenvalue weighted by atomic mass is 9.96. The van der Waals surface area contributed by atoms with Gasteiger partial charge in [0.25, 0.3) is 0 Å². The number of nitriles is 1. The second kappa shape index (κ2) is 6.02. The second-order valence-corrected chi connectivity index (χ2v) is 5.42. The highest BCUT2D eigenvalue weighted by molar-refractivity contribution is 6.31. The maximum Gasteiger partial charge on any atom is 0.391 e. The van der Waals surface area contributed by atoms with Gasteiger partial charge in [-0.25, -0.2) is 0 Å². The maximum atomic E-state index is 12.6. The molecule has 0 spiro atoms. The average molecular weight is 303 g/mol. The van der Waals surface area contributed by atoms with Gasteiger partial charge in [0.1, 0.15) is 0 Å². The molecule has 2 rings (SSSR count). The molecule has 0 unspecified atom stereocenters. The zero-order valence-electron chi connectivity index (χ0n) is 10.8. The van der Waals surface area contributed by atoms with E-state index in [-0.39, 0.29) is 12.8 Å². The summed E-state index contributed by atoms with van der Waals surface area (Å²) in [4.78, 5) is 1.97. The average Bonchev–Trinajstić information content (AvgIpc) is 2.40. The first-order chi connectivity index (χ1) is 9.40. The van der Waals surface area contributed by atoms with Crippen LogP contribution < -0.4 is 0 Å². The number of hydrogen-bond donors (Lipinski definition) is 0. The van der Waals surface area contributed by atoms with E-state index in [1.807, 2.05) is 11.0 Å². The van der Waals surface area contributed by atoms with Crippen LogP contribution >= 0.6 is 11.6 Å². The molecule has 1 aromatic rings. The highest BCUT2D eigenvalue weighted by atomic mass is 35.5. The Labute approximate surface area is 120 Å². The van der Waals surface area contributed by atoms with Crippen molar-refractivity contribution in [2.75, 3.05) is 13.1 Å². The summed E-state index contributed by atoms with van der Waals surface area (Å²) in [5.74, 6) is -1.19. The van der Waals surface area contributed by atoms with E-state index in [1.165, 1.54) is 0 Å². The summed E-state index contributed by atoms with van der Waals surface area (Å²) >= 11 is 6.07. The molecule has 108 valence electrons. The lowest BCUT2D eigenvalue weighted by Crippen LogP contribution is -2.38. The van der Waals surface area contributed by atoms with Crippen molar-refractivity contribution in [3.05, 3.63) is 34.3 Å². The zero-order valence-corrected chi connectivity index (χ0v) is 11.5. The molecule has 1 aliphatic rings. The van der Waals surface area contributed by atoms with Crippen LogP contribution in [0.3, 0.4) is 0 Å². The lowest BCUT2D eigenvalue weighted by Gasteiger charge is -2.33. The van der Waals surface area contributed by atoms with Gasteiger partial charge in [-0.1, -0.05) is 17.7 Å². The van der Waals surface area contributed by atoms with Crippen LogP contribution in [0.15, 0.2) is 18.2 Å². The largest absolute Gasteiger partial charge is 0.391 e. The summed E-state index contributed by atoms with van der Waals surface area (Å²) in [6.07, 6.45) is -3.81. The Hall–Kier alpha value is -1.25. The fraction of sp³-hybridized carbons (Fsp3) is 0.500. The Balaban J connectivity index is 1.95. The zero-order chi connectivity index (χ0) is 14.8. The van der Waals surface area contributed by atoms with Gasteiger partial charge in [0.15, 0.2) is 0 Å². The number of likely N-dealkylation sites (tertiary alicyclic amines) is 1. The molecule has 0 radical (unpaired) electrons. The van der Waals surface area contributed by atoms with E-state index in [0.29, 0.717) is 30.2 Å². The van der Waals surface area contributed by atoms with Crippen LogP contribution in [0.2, 0.25) is 5.02 Å². The van der Waals surface area contributed by atoms with Gasteiger partial charge >= 0.3 is 6.18 Å². The monoisotopic (exact) mass is 302 g/mol. The van der Waals surface area contributed by atoms with E-state index in [4.69, 9.17) is 16.9 Å². The highest BCUT2D eigenvalue weighted by Crippen LogP contribution is 2.34. The molecule has 0 aromatic heterocycles. The molecule has 0 atom stereocenters. The fourth-order valence-corrected chi connectivity index (χ4v) is 2.64. The third-order valence-electron chi connectivity index (χ3n) is 3.63. The maximum absolute atomic E-state index is 12.6. The van der Waals surface area contributed by atoms with Crippen LogP contribution in [0.4, 0.5) is 13.2 Å². The van der Waals surface area contributed by atoms with Crippen LogP contribution in [0.5, 0.6) is 0 Å². The molecule has 0 bridgehead atoms. The van der Waals surface area contributed by atoms with Crippen molar-refractivity contribution >= 4 is 11.6 Å². The van der Waals surface area contributed by atoms with E-state index in [0.717, 1.165) is 5.56 Å². The van der Waals surface area contributed by atoms with Gasteiger partial charge in [-0.3, -0.25) is 4.90 Å². The van der Waals surface area contributed by atoms with Crippen molar-refractivity contribution in [2.24, 2.45) is 5.92 Å². The summed E-state index contributed by atoms with van der Waals surface area (Å²) in [6, 6.07) is 7.01. The second-order valence-electron chi connectivity index (χ2n) is 5.01. The number of piperidine rings is 1. The number of hydrogen-bond acceptors (Lipinski definition) is 2. The summed E-state index contributed by atoms with van der Waals surface area (Å²) < 4.78 is 37.7. The topological polar surface area (TPSA) is 27.0 Å². The molecule has 20 heavy (non-hydrogen) atoms. The summed E-state index contributed by atoms with van der Waals surface area (Å²) in [5.41, 5.74) is 1.32. The first-order valence-corrected chi connectivity index (χ1v) is 6.75. The molecule has 1 heterocycles. The first-order valence-electron chi connectivity index (χ1n) is 6.37. The third-order valence-corrected chi connectivity index (χ3v) is 3.98. The van der Waals surface area contributed by atoms with E-state index in [9.17, 15) is 13.2 Å². The van der Waals surface area contributed by atoms with Gasteiger partial charge < -0.3 is 0 Å². The van der Waals surface area contributed by atoms with Gasteiger partial charge in [-0.15, -0.1) is 0 Å². The van der Waals surface area contributed by atoms with Crippen LogP contribution in [0.25, 0.3) is 0 Å². The Morgan fingerprint density at radius 2 is 1.95 bits per heavy atom. The summed E-state index contributed by atoms with van der Waals surface area (Å²) in [5, 5.41) is 9.24. The Morgan fingerprint density at radius 1 is 1.30 bits per heavy atom. The number of benzene rings is 1. The summed E-state index contributed by atoms with van der Waals surface area (Å²) in [7, 11) is 0. The molecule has 1 aliphatic heterocycles. The molecule has 0 aliphatic carbocycles. The predicted octanol–water partition coefficient (Wildman–Crippen LogP) is 3.99. The quantitative estimate of drug-likeness (QED) is 0.826. The number of halogens is 4. The van der Waals surface area contributed by atoms with Crippen LogP contribution in [-0.2, 0) is 6.54 Å². The van der Waals surface area contributed by atoms with E-state index in [1.54, 1.807) is 18.2 Å². The lowest BCUT2D eigenvalue weighted by molar-refractivity contribution is -0.185. The predicted molar refractivity (Wildman–Crippen MR) is 70.2 cm³/mol. The Kier molecular flexibility index (Phi) is 4.56. The number of alkyl halides is 3. The minimum Gasteiger partial charge on any atom is -0.299 e. The van der Waals surface area contributed by atoms with E-state index in [2.05, 4.69) is 0 Å². The van der Waals surface area contributed by atoms with Crippen molar-refractivity contribution in [3.8, 4) is 6.07 Å². The molecule has 0 amide bonds. The Bertz CT molecular complexity index is 514. The molecule has 1 aromatic carbocycles. The molecule has 0 N–H and O–H groups in total. The van der Waals surface area contributed by atoms with Gasteiger partial charge in [-0.05, 0) is 43.6 Å². The number of nitrogens with zero attached hydrogens (tertiary/aromatic N) is 2. The Morgan fingerprint density at radius 3 is 2.45 bits per heavy atom. The number of rotatable bonds is 2. The van der Waals surface area contributed by atoms with Gasteiger partial charge in [-0.2, -0.15) is 18.4 Å². The van der Waals surface area contributed by atoms with Crippen LogP contribution in [0.1, 0.15) is 24.0 Å². The molecule has 1 saturated heterocycles. The van der Waals surface area contributed by atoms with E-state index < -0.39 is 12.1 Å². The van der Waals surface area contributed by atoms with E-state index >= 15 is 0 Å². The minimum atomic E-state index is -4.09. The molecular weight excluding hydrogens is 289 g/mol. The molecule has 2 nitrogen and oxygen atoms in total. The van der Waals surface area contributed by atoms with Crippen molar-refractivity contribution < 1.29 is 13.2 Å². The molecule has 0 saturated carbocycles. The van der Waals surface area contributed by atoms with Crippen molar-refractivity contribution in [2.45, 2.75) is 25.6 Å². The first kappa shape index (κ1) is 15.1. The van der Waals surface area contributed by atoms with Crippen molar-refractivity contribution in [1.82, 2.24) is 4.90 Å². The fourth-order valence-electron chi connectivity index (χ4n) is 2.40. The SMILES string of the molecule is N#Cc1ccc(CN2CCC(C(F)(F)F)CC2)c(Cl)c1. The van der Waals surface area contributed by atoms with Crippen molar-refractivity contribution in [3.63, 3.8) is 0 Å². The minimum absolute atomic E-state index is 0.136. The summed E-state index contributed by atoms with van der Waals surface area (Å²) in [6.45, 7) is 1.36. The third kappa shape index (κ3) is 3.65.